The molecule has 44 heavy (non-hydrogen) atoms. The SMILES string of the molecule is CC(C)CCC[C@@H](C)[C@H]1CC[C@H]2[C@@H]3CC=C4CC(CC(=O)NCCOC(=O)C5(C)COC(=O)OC5)CC[C@]4(C)[C@H]3CC[C@]12C. The topological polar surface area (TPSA) is 90.9 Å². The van der Waals surface area contributed by atoms with Gasteiger partial charge in [0.2, 0.25) is 5.91 Å². The third-order valence-electron chi connectivity index (χ3n) is 13.0. The smallest absolute Gasteiger partial charge is 0.463 e. The monoisotopic (exact) mass is 613 g/mol. The molecule has 0 spiro atoms. The van der Waals surface area contributed by atoms with Crippen LogP contribution in [0.25, 0.3) is 0 Å². The van der Waals surface area contributed by atoms with Gasteiger partial charge in [0.05, 0.1) is 6.54 Å². The Kier molecular flexibility index (Phi) is 10.1. The van der Waals surface area contributed by atoms with Gasteiger partial charge in [-0.2, -0.15) is 0 Å². The Morgan fingerprint density at radius 1 is 1.00 bits per heavy atom. The Morgan fingerprint density at radius 3 is 2.48 bits per heavy atom. The van der Waals surface area contributed by atoms with Crippen LogP contribution >= 0.6 is 0 Å². The maximum Gasteiger partial charge on any atom is 0.508 e. The van der Waals surface area contributed by atoms with Crippen LogP contribution in [0.5, 0.6) is 0 Å². The summed E-state index contributed by atoms with van der Waals surface area (Å²) in [6, 6.07) is 0. The van der Waals surface area contributed by atoms with Crippen molar-refractivity contribution in [2.45, 2.75) is 119 Å². The second-order valence-corrected chi connectivity index (χ2v) is 16.5. The lowest BCUT2D eigenvalue weighted by Crippen LogP contribution is -2.50. The van der Waals surface area contributed by atoms with Gasteiger partial charge in [-0.1, -0.05) is 65.5 Å². The summed E-state index contributed by atoms with van der Waals surface area (Å²) in [5.41, 5.74) is 1.42. The van der Waals surface area contributed by atoms with E-state index in [-0.39, 0.29) is 32.3 Å². The number of hydrogen-bond acceptors (Lipinski definition) is 6. The third kappa shape index (κ3) is 6.72. The van der Waals surface area contributed by atoms with E-state index in [1.165, 1.54) is 57.8 Å². The number of fused-ring (bicyclic) bond motifs is 5. The molecule has 0 radical (unpaired) electrons. The first-order valence-electron chi connectivity index (χ1n) is 17.8. The van der Waals surface area contributed by atoms with E-state index >= 15 is 0 Å². The summed E-state index contributed by atoms with van der Waals surface area (Å²) >= 11 is 0. The van der Waals surface area contributed by atoms with Gasteiger partial charge in [-0.3, -0.25) is 9.59 Å². The molecule has 0 bridgehead atoms. The van der Waals surface area contributed by atoms with Crippen LogP contribution in [0.4, 0.5) is 4.79 Å². The minimum atomic E-state index is -1.01. The van der Waals surface area contributed by atoms with E-state index in [2.05, 4.69) is 46.0 Å². The molecular formula is C37H59NO6. The molecular weight excluding hydrogens is 554 g/mol. The number of cyclic esters (lactones) is 2. The Labute approximate surface area is 266 Å². The van der Waals surface area contributed by atoms with E-state index in [1.54, 1.807) is 12.5 Å². The van der Waals surface area contributed by atoms with Crippen molar-refractivity contribution in [3.8, 4) is 0 Å². The number of amides is 1. The lowest BCUT2D eigenvalue weighted by Gasteiger charge is -2.58. The van der Waals surface area contributed by atoms with E-state index in [1.807, 2.05) is 0 Å². The number of rotatable bonds is 11. The molecule has 4 aliphatic carbocycles. The normalized spacial score (nSPS) is 36.6. The average Bonchev–Trinajstić information content (AvgIpc) is 3.34. The van der Waals surface area contributed by atoms with Gasteiger partial charge >= 0.3 is 12.1 Å². The van der Waals surface area contributed by atoms with E-state index in [0.29, 0.717) is 23.2 Å². The highest BCUT2D eigenvalue weighted by Gasteiger charge is 2.59. The van der Waals surface area contributed by atoms with Crippen molar-refractivity contribution in [3.63, 3.8) is 0 Å². The zero-order valence-electron chi connectivity index (χ0n) is 28.4. The van der Waals surface area contributed by atoms with Gasteiger partial charge in [0, 0.05) is 6.42 Å². The fraction of sp³-hybridized carbons (Fsp3) is 0.865. The summed E-state index contributed by atoms with van der Waals surface area (Å²) in [6.45, 7) is 14.4. The molecule has 248 valence electrons. The molecule has 7 nitrogen and oxygen atoms in total. The Balaban J connectivity index is 1.09. The molecule has 1 aliphatic heterocycles. The minimum absolute atomic E-state index is 0.0259. The molecule has 8 atom stereocenters. The van der Waals surface area contributed by atoms with Crippen LogP contribution in [0, 0.1) is 57.7 Å². The summed E-state index contributed by atoms with van der Waals surface area (Å²) in [5, 5.41) is 2.94. The van der Waals surface area contributed by atoms with Crippen LogP contribution in [0.1, 0.15) is 119 Å². The zero-order valence-corrected chi connectivity index (χ0v) is 28.4. The van der Waals surface area contributed by atoms with Crippen molar-refractivity contribution < 1.29 is 28.6 Å². The molecule has 5 aliphatic rings. The summed E-state index contributed by atoms with van der Waals surface area (Å²) in [5.74, 6) is 4.95. The van der Waals surface area contributed by atoms with Gasteiger partial charge in [-0.25, -0.2) is 4.79 Å². The molecule has 5 rings (SSSR count). The van der Waals surface area contributed by atoms with Crippen molar-refractivity contribution in [2.75, 3.05) is 26.4 Å². The van der Waals surface area contributed by atoms with Gasteiger partial charge in [0.25, 0.3) is 0 Å². The number of nitrogens with one attached hydrogen (secondary N) is 1. The predicted octanol–water partition coefficient (Wildman–Crippen LogP) is 7.87. The number of carbonyl (C=O) groups excluding carboxylic acids is 3. The van der Waals surface area contributed by atoms with E-state index < -0.39 is 17.5 Å². The number of hydrogen-bond donors (Lipinski definition) is 1. The molecule has 0 aromatic rings. The largest absolute Gasteiger partial charge is 0.508 e. The summed E-state index contributed by atoms with van der Waals surface area (Å²) < 4.78 is 15.0. The highest BCUT2D eigenvalue weighted by atomic mass is 16.7. The molecule has 0 aromatic heterocycles. The Bertz CT molecular complexity index is 1090. The van der Waals surface area contributed by atoms with Gasteiger partial charge in [-0.15, -0.1) is 0 Å². The summed E-state index contributed by atoms with van der Waals surface area (Å²) in [6.07, 6.45) is 16.7. The van der Waals surface area contributed by atoms with E-state index in [4.69, 9.17) is 14.2 Å². The summed E-state index contributed by atoms with van der Waals surface area (Å²) in [7, 11) is 0. The second kappa shape index (κ2) is 13.4. The maximum atomic E-state index is 12.8. The van der Waals surface area contributed by atoms with Crippen molar-refractivity contribution >= 4 is 18.0 Å². The molecule has 1 heterocycles. The second-order valence-electron chi connectivity index (χ2n) is 16.5. The number of carbonyl (C=O) groups is 3. The highest BCUT2D eigenvalue weighted by Crippen LogP contribution is 2.67. The number of ether oxygens (including phenoxy) is 3. The number of allylic oxidation sites excluding steroid dienone is 2. The molecule has 4 fully saturated rings. The first-order chi connectivity index (χ1) is 20.9. The highest BCUT2D eigenvalue weighted by molar-refractivity contribution is 5.78. The first-order valence-corrected chi connectivity index (χ1v) is 17.8. The standard InChI is InChI=1S/C37H59NO6/c1-24(2)8-7-9-25(3)29-12-13-30-28-11-10-27-20-26(14-16-36(27,5)31(28)15-17-37(29,30)6)21-32(39)38-18-19-42-33(40)35(4)22-43-34(41)44-23-35/h10,24-26,28-31H,7-9,11-23H2,1-6H3,(H,38,39)/t25-,26?,28+,29-,30+,31+,36+,37-/m1/s1. The fourth-order valence-corrected chi connectivity index (χ4v) is 10.4. The molecule has 7 heteroatoms. The average molecular weight is 614 g/mol. The fourth-order valence-electron chi connectivity index (χ4n) is 10.4. The lowest BCUT2D eigenvalue weighted by molar-refractivity contribution is -0.166. The van der Waals surface area contributed by atoms with Crippen molar-refractivity contribution in [1.29, 1.82) is 0 Å². The zero-order chi connectivity index (χ0) is 31.7. The van der Waals surface area contributed by atoms with Crippen molar-refractivity contribution in [3.05, 3.63) is 11.6 Å². The molecule has 3 saturated carbocycles. The molecule has 1 amide bonds. The molecule has 1 N–H and O–H groups in total. The van der Waals surface area contributed by atoms with Crippen molar-refractivity contribution in [2.24, 2.45) is 57.7 Å². The van der Waals surface area contributed by atoms with Crippen LogP contribution in [0.2, 0.25) is 0 Å². The van der Waals surface area contributed by atoms with Crippen LogP contribution in [0.15, 0.2) is 11.6 Å². The lowest BCUT2D eigenvalue weighted by atomic mass is 9.46. The van der Waals surface area contributed by atoms with Crippen molar-refractivity contribution in [1.82, 2.24) is 5.32 Å². The van der Waals surface area contributed by atoms with E-state index in [0.717, 1.165) is 48.3 Å². The molecule has 1 saturated heterocycles. The van der Waals surface area contributed by atoms with E-state index in [9.17, 15) is 14.4 Å². The Morgan fingerprint density at radius 2 is 1.75 bits per heavy atom. The van der Waals surface area contributed by atoms with Crippen LogP contribution in [-0.4, -0.2) is 44.4 Å². The third-order valence-corrected chi connectivity index (χ3v) is 13.0. The maximum absolute atomic E-state index is 12.8. The van der Waals surface area contributed by atoms with Crippen LogP contribution in [-0.2, 0) is 23.8 Å². The summed E-state index contributed by atoms with van der Waals surface area (Å²) in [4.78, 5) is 36.3. The van der Waals surface area contributed by atoms with Crippen LogP contribution in [0.3, 0.4) is 0 Å². The van der Waals surface area contributed by atoms with Crippen LogP contribution < -0.4 is 5.32 Å². The van der Waals surface area contributed by atoms with Gasteiger partial charge in [0.15, 0.2) is 0 Å². The van der Waals surface area contributed by atoms with Gasteiger partial charge in [-0.05, 0) is 111 Å². The molecule has 0 aromatic carbocycles. The van der Waals surface area contributed by atoms with Gasteiger partial charge < -0.3 is 19.5 Å². The Hall–Kier alpha value is -2.05. The first kappa shape index (κ1) is 33.3. The number of esters is 1. The minimum Gasteiger partial charge on any atom is -0.463 e. The van der Waals surface area contributed by atoms with Gasteiger partial charge in [0.1, 0.15) is 25.2 Å². The predicted molar refractivity (Wildman–Crippen MR) is 171 cm³/mol. The quantitative estimate of drug-likeness (QED) is 0.145. The molecule has 1 unspecified atom stereocenters.